The molecule has 1 heterocycles. The molecule has 0 saturated carbocycles. The molecule has 0 radical (unpaired) electrons. The van der Waals surface area contributed by atoms with Crippen LogP contribution in [0.25, 0.3) is 16.7 Å². The molecule has 2 N–H and O–H groups in total. The number of nitrogens with zero attached hydrogens (tertiary/aromatic N) is 1. The van der Waals surface area contributed by atoms with Gasteiger partial charge in [0.25, 0.3) is 0 Å². The lowest BCUT2D eigenvalue weighted by atomic mass is 9.97. The van der Waals surface area contributed by atoms with Crippen LogP contribution in [0.5, 0.6) is 5.75 Å². The van der Waals surface area contributed by atoms with Crippen molar-refractivity contribution in [3.8, 4) is 5.75 Å². The van der Waals surface area contributed by atoms with E-state index in [1.54, 1.807) is 18.2 Å². The first-order chi connectivity index (χ1) is 8.16. The van der Waals surface area contributed by atoms with Gasteiger partial charge in [0.1, 0.15) is 22.7 Å². The number of allylic oxidation sites excluding steroid dienone is 1. The number of aromatic hydroxyl groups is 1. The number of carbonyl (C=O) groups excluding carboxylic acids is 1. The highest BCUT2D eigenvalue weighted by Gasteiger charge is 2.21. The van der Waals surface area contributed by atoms with Crippen LogP contribution in [-0.2, 0) is 0 Å². The number of pyridine rings is 1. The number of phenolic OH excluding ortho intramolecular Hbond substituents is 1. The Kier molecular flexibility index (Phi) is 1.92. The molecular weight excluding hydrogens is 218 g/mol. The molecule has 0 spiro atoms. The van der Waals surface area contributed by atoms with Crippen LogP contribution < -0.4 is 0 Å². The van der Waals surface area contributed by atoms with Gasteiger partial charge in [0.2, 0.25) is 0 Å². The van der Waals surface area contributed by atoms with E-state index in [1.165, 1.54) is 12.1 Å². The molecule has 1 aliphatic rings. The van der Waals surface area contributed by atoms with E-state index in [4.69, 9.17) is 0 Å². The molecule has 0 saturated heterocycles. The maximum atomic E-state index is 11.7. The number of carbonyl (C=O) groups is 1. The monoisotopic (exact) mass is 227 g/mol. The third-order valence-corrected chi connectivity index (χ3v) is 2.85. The second kappa shape index (κ2) is 3.31. The third-order valence-electron chi connectivity index (χ3n) is 2.85. The summed E-state index contributed by atoms with van der Waals surface area (Å²) in [5.41, 5.74) is 1.04. The first kappa shape index (κ1) is 9.84. The Hall–Kier alpha value is -2.36. The molecule has 4 nitrogen and oxygen atoms in total. The lowest BCUT2D eigenvalue weighted by Crippen LogP contribution is -2.09. The van der Waals surface area contributed by atoms with E-state index >= 15 is 0 Å². The largest absolute Gasteiger partial charge is 0.506 e. The topological polar surface area (TPSA) is 70.4 Å². The summed E-state index contributed by atoms with van der Waals surface area (Å²) in [5, 5.41) is 20.1. The number of aliphatic hydroxyl groups is 1. The summed E-state index contributed by atoms with van der Waals surface area (Å²) in [7, 11) is 0. The molecule has 0 bridgehead atoms. The standard InChI is InChI=1S/C13H9NO3/c15-9-4-5-11(17)13-8(9)6-7-2-1-3-10(16)12(7)14-13/h1-3,5-6,16-17H,4H2. The number of hydrogen-bond acceptors (Lipinski definition) is 4. The Bertz CT molecular complexity index is 674. The maximum absolute atomic E-state index is 11.7. The second-order valence-electron chi connectivity index (χ2n) is 3.95. The van der Waals surface area contributed by atoms with E-state index in [2.05, 4.69) is 4.98 Å². The number of aromatic nitrogens is 1. The number of fused-ring (bicyclic) bond motifs is 2. The van der Waals surface area contributed by atoms with Gasteiger partial charge in [-0.3, -0.25) is 4.79 Å². The zero-order valence-electron chi connectivity index (χ0n) is 8.84. The van der Waals surface area contributed by atoms with Gasteiger partial charge in [-0.05, 0) is 18.2 Å². The fourth-order valence-corrected chi connectivity index (χ4v) is 1.99. The van der Waals surface area contributed by atoms with Crippen LogP contribution in [0.15, 0.2) is 30.3 Å². The van der Waals surface area contributed by atoms with E-state index in [1.807, 2.05) is 0 Å². The second-order valence-corrected chi connectivity index (χ2v) is 3.95. The molecule has 0 unspecified atom stereocenters. The summed E-state index contributed by atoms with van der Waals surface area (Å²) in [6.07, 6.45) is 1.62. The molecule has 4 heteroatoms. The number of aliphatic hydroxyl groups excluding tert-OH is 1. The number of rotatable bonds is 0. The van der Waals surface area contributed by atoms with Crippen molar-refractivity contribution >= 4 is 22.4 Å². The van der Waals surface area contributed by atoms with Crippen LogP contribution in [0.1, 0.15) is 22.5 Å². The highest BCUT2D eigenvalue weighted by Crippen LogP contribution is 2.29. The van der Waals surface area contributed by atoms with Gasteiger partial charge in [-0.2, -0.15) is 0 Å². The Balaban J connectivity index is 2.41. The summed E-state index contributed by atoms with van der Waals surface area (Å²) in [5.74, 6) is -0.0450. The van der Waals surface area contributed by atoms with Crippen molar-refractivity contribution in [1.29, 1.82) is 0 Å². The number of para-hydroxylation sites is 1. The molecule has 0 amide bonds. The highest BCUT2D eigenvalue weighted by molar-refractivity contribution is 6.06. The fraction of sp³-hybridized carbons (Fsp3) is 0.0769. The maximum Gasteiger partial charge on any atom is 0.169 e. The van der Waals surface area contributed by atoms with Crippen LogP contribution in [0.2, 0.25) is 0 Å². The highest BCUT2D eigenvalue weighted by atomic mass is 16.3. The molecule has 0 atom stereocenters. The van der Waals surface area contributed by atoms with Gasteiger partial charge in [0.05, 0.1) is 0 Å². The number of Topliss-reactive ketones (excluding diaryl/α,β-unsaturated/α-hetero) is 1. The van der Waals surface area contributed by atoms with E-state index in [9.17, 15) is 15.0 Å². The summed E-state index contributed by atoms with van der Waals surface area (Å²) < 4.78 is 0. The predicted molar refractivity (Wildman–Crippen MR) is 63.0 cm³/mol. The quantitative estimate of drug-likeness (QED) is 0.725. The number of phenols is 1. The number of hydrogen-bond donors (Lipinski definition) is 2. The van der Waals surface area contributed by atoms with Crippen LogP contribution in [0.4, 0.5) is 0 Å². The average molecular weight is 227 g/mol. The summed E-state index contributed by atoms with van der Waals surface area (Å²) >= 11 is 0. The molecule has 1 aliphatic carbocycles. The van der Waals surface area contributed by atoms with Crippen LogP contribution in [0.3, 0.4) is 0 Å². The minimum atomic E-state index is -0.0736. The van der Waals surface area contributed by atoms with E-state index in [0.717, 1.165) is 0 Å². The van der Waals surface area contributed by atoms with Gasteiger partial charge < -0.3 is 10.2 Å². The smallest absolute Gasteiger partial charge is 0.169 e. The van der Waals surface area contributed by atoms with Gasteiger partial charge >= 0.3 is 0 Å². The van der Waals surface area contributed by atoms with Crippen LogP contribution in [-0.4, -0.2) is 21.0 Å². The zero-order valence-corrected chi connectivity index (χ0v) is 8.84. The molecule has 1 aromatic carbocycles. The van der Waals surface area contributed by atoms with Gasteiger partial charge in [-0.15, -0.1) is 0 Å². The SMILES string of the molecule is O=C1CC=C(O)c2nc3c(O)cccc3cc21. The molecule has 1 aromatic heterocycles. The van der Waals surface area contributed by atoms with Gasteiger partial charge in [-0.25, -0.2) is 4.98 Å². The lowest BCUT2D eigenvalue weighted by molar-refractivity contribution is 0.0992. The molecule has 3 rings (SSSR count). The first-order valence-electron chi connectivity index (χ1n) is 5.22. The van der Waals surface area contributed by atoms with Crippen molar-refractivity contribution in [3.05, 3.63) is 41.6 Å². The Morgan fingerprint density at radius 2 is 2.06 bits per heavy atom. The Labute approximate surface area is 96.8 Å². The van der Waals surface area contributed by atoms with E-state index in [-0.39, 0.29) is 29.4 Å². The zero-order chi connectivity index (χ0) is 12.0. The minimum Gasteiger partial charge on any atom is -0.506 e. The summed E-state index contributed by atoms with van der Waals surface area (Å²) in [4.78, 5) is 15.9. The normalized spacial score (nSPS) is 14.6. The lowest BCUT2D eigenvalue weighted by Gasteiger charge is -2.13. The third kappa shape index (κ3) is 1.38. The average Bonchev–Trinajstić information content (AvgIpc) is 2.33. The Morgan fingerprint density at radius 1 is 1.24 bits per heavy atom. The van der Waals surface area contributed by atoms with Gasteiger partial charge in [0.15, 0.2) is 5.78 Å². The van der Waals surface area contributed by atoms with Crippen molar-refractivity contribution in [2.75, 3.05) is 0 Å². The number of benzene rings is 1. The van der Waals surface area contributed by atoms with E-state index < -0.39 is 0 Å². The molecule has 17 heavy (non-hydrogen) atoms. The fourth-order valence-electron chi connectivity index (χ4n) is 1.99. The van der Waals surface area contributed by atoms with E-state index in [0.29, 0.717) is 16.5 Å². The van der Waals surface area contributed by atoms with Crippen molar-refractivity contribution in [3.63, 3.8) is 0 Å². The van der Waals surface area contributed by atoms with Gasteiger partial charge in [0, 0.05) is 17.4 Å². The van der Waals surface area contributed by atoms with Gasteiger partial charge in [-0.1, -0.05) is 12.1 Å². The molecular formula is C13H9NO3. The van der Waals surface area contributed by atoms with Crippen LogP contribution in [0, 0.1) is 0 Å². The molecule has 0 aliphatic heterocycles. The van der Waals surface area contributed by atoms with Crippen LogP contribution >= 0.6 is 0 Å². The minimum absolute atomic E-state index is 0.00949. The predicted octanol–water partition coefficient (Wildman–Crippen LogP) is 2.43. The number of ketones is 1. The molecule has 2 aromatic rings. The van der Waals surface area contributed by atoms with Crippen molar-refractivity contribution in [1.82, 2.24) is 4.98 Å². The Morgan fingerprint density at radius 3 is 2.88 bits per heavy atom. The summed E-state index contributed by atoms with van der Waals surface area (Å²) in [6, 6.07) is 6.63. The molecule has 0 fully saturated rings. The molecule has 84 valence electrons. The van der Waals surface area contributed by atoms with Crippen molar-refractivity contribution in [2.45, 2.75) is 6.42 Å². The summed E-state index contributed by atoms with van der Waals surface area (Å²) in [6.45, 7) is 0. The first-order valence-corrected chi connectivity index (χ1v) is 5.22. The van der Waals surface area contributed by atoms with Crippen molar-refractivity contribution in [2.24, 2.45) is 0 Å². The van der Waals surface area contributed by atoms with Crippen molar-refractivity contribution < 1.29 is 15.0 Å².